The molecular formula is C13H15N3O2S. The molecule has 0 aliphatic carbocycles. The minimum absolute atomic E-state index is 0.0281. The maximum atomic E-state index is 11.7. The topological polar surface area (TPSA) is 77.2 Å². The molecule has 1 aromatic carbocycles. The van der Waals surface area contributed by atoms with Crippen molar-refractivity contribution in [3.05, 3.63) is 40.8 Å². The largest absolute Gasteiger partial charge is 0.484 e. The summed E-state index contributed by atoms with van der Waals surface area (Å²) in [5, 5.41) is 5.58. The SMILES string of the molecule is CC(NC(=O)COc1ccc(N)cc1)c1nccs1. The quantitative estimate of drug-likeness (QED) is 0.819. The standard InChI is InChI=1S/C13H15N3O2S/c1-9(13-15-6-7-19-13)16-12(17)8-18-11-4-2-10(14)3-5-11/h2-7,9H,8,14H2,1H3,(H,16,17). The van der Waals surface area contributed by atoms with Gasteiger partial charge in [-0.3, -0.25) is 4.79 Å². The van der Waals surface area contributed by atoms with Crippen LogP contribution in [0, 0.1) is 0 Å². The number of rotatable bonds is 5. The van der Waals surface area contributed by atoms with Gasteiger partial charge >= 0.3 is 0 Å². The van der Waals surface area contributed by atoms with Crippen molar-refractivity contribution in [2.24, 2.45) is 0 Å². The van der Waals surface area contributed by atoms with Crippen LogP contribution >= 0.6 is 11.3 Å². The van der Waals surface area contributed by atoms with Crippen LogP contribution in [-0.4, -0.2) is 17.5 Å². The van der Waals surface area contributed by atoms with E-state index in [4.69, 9.17) is 10.5 Å². The smallest absolute Gasteiger partial charge is 0.258 e. The van der Waals surface area contributed by atoms with E-state index in [9.17, 15) is 4.79 Å². The Bertz CT molecular complexity index is 525. The molecule has 0 saturated heterocycles. The summed E-state index contributed by atoms with van der Waals surface area (Å²) in [6.07, 6.45) is 1.72. The number of anilines is 1. The van der Waals surface area contributed by atoms with E-state index in [-0.39, 0.29) is 18.6 Å². The molecule has 1 aromatic heterocycles. The third-order valence-electron chi connectivity index (χ3n) is 2.45. The summed E-state index contributed by atoms with van der Waals surface area (Å²) >= 11 is 1.51. The van der Waals surface area contributed by atoms with Crippen LogP contribution in [0.15, 0.2) is 35.8 Å². The van der Waals surface area contributed by atoms with Crippen molar-refractivity contribution in [3.63, 3.8) is 0 Å². The number of nitrogens with one attached hydrogen (secondary N) is 1. The molecule has 6 heteroatoms. The van der Waals surface area contributed by atoms with E-state index in [1.54, 1.807) is 30.5 Å². The number of thiazole rings is 1. The van der Waals surface area contributed by atoms with E-state index >= 15 is 0 Å². The predicted molar refractivity (Wildman–Crippen MR) is 75.0 cm³/mol. The van der Waals surface area contributed by atoms with Gasteiger partial charge in [0.05, 0.1) is 6.04 Å². The van der Waals surface area contributed by atoms with Gasteiger partial charge in [-0.2, -0.15) is 0 Å². The fraction of sp³-hybridized carbons (Fsp3) is 0.231. The van der Waals surface area contributed by atoms with Crippen molar-refractivity contribution in [1.29, 1.82) is 0 Å². The molecule has 0 spiro atoms. The number of hydrogen-bond acceptors (Lipinski definition) is 5. The van der Waals surface area contributed by atoms with Gasteiger partial charge in [0.2, 0.25) is 0 Å². The second-order valence-electron chi connectivity index (χ2n) is 4.02. The number of nitrogen functional groups attached to an aromatic ring is 1. The van der Waals surface area contributed by atoms with Gasteiger partial charge in [-0.15, -0.1) is 11.3 Å². The zero-order chi connectivity index (χ0) is 13.7. The highest BCUT2D eigenvalue weighted by Crippen LogP contribution is 2.15. The minimum Gasteiger partial charge on any atom is -0.484 e. The van der Waals surface area contributed by atoms with E-state index in [0.29, 0.717) is 11.4 Å². The number of ether oxygens (including phenoxy) is 1. The molecule has 0 aliphatic rings. The van der Waals surface area contributed by atoms with E-state index in [1.165, 1.54) is 11.3 Å². The fourth-order valence-corrected chi connectivity index (χ4v) is 2.15. The zero-order valence-electron chi connectivity index (χ0n) is 10.5. The Hall–Kier alpha value is -2.08. The van der Waals surface area contributed by atoms with Gasteiger partial charge in [-0.25, -0.2) is 4.98 Å². The van der Waals surface area contributed by atoms with Gasteiger partial charge in [-0.05, 0) is 31.2 Å². The molecular weight excluding hydrogens is 262 g/mol. The van der Waals surface area contributed by atoms with Gasteiger partial charge in [-0.1, -0.05) is 0 Å². The predicted octanol–water partition coefficient (Wildman–Crippen LogP) is 1.98. The summed E-state index contributed by atoms with van der Waals surface area (Å²) < 4.78 is 5.36. The Morgan fingerprint density at radius 3 is 2.84 bits per heavy atom. The average Bonchev–Trinajstić information content (AvgIpc) is 2.92. The molecule has 100 valence electrons. The summed E-state index contributed by atoms with van der Waals surface area (Å²) in [7, 11) is 0. The molecule has 0 aliphatic heterocycles. The van der Waals surface area contributed by atoms with Crippen molar-refractivity contribution in [3.8, 4) is 5.75 Å². The summed E-state index contributed by atoms with van der Waals surface area (Å²) in [5.41, 5.74) is 6.22. The Morgan fingerprint density at radius 1 is 1.47 bits per heavy atom. The first-order valence-electron chi connectivity index (χ1n) is 5.82. The summed E-state index contributed by atoms with van der Waals surface area (Å²) in [4.78, 5) is 15.9. The number of nitrogens with two attached hydrogens (primary N) is 1. The maximum Gasteiger partial charge on any atom is 0.258 e. The molecule has 1 amide bonds. The molecule has 2 aromatic rings. The number of carbonyl (C=O) groups excluding carboxylic acids is 1. The van der Waals surface area contributed by atoms with Gasteiger partial charge < -0.3 is 15.8 Å². The Kier molecular flexibility index (Phi) is 4.35. The number of amides is 1. The van der Waals surface area contributed by atoms with Crippen LogP contribution in [0.25, 0.3) is 0 Å². The van der Waals surface area contributed by atoms with Gasteiger partial charge in [0, 0.05) is 17.3 Å². The van der Waals surface area contributed by atoms with Gasteiger partial charge in [0.1, 0.15) is 10.8 Å². The number of carbonyl (C=O) groups is 1. The highest BCUT2D eigenvalue weighted by Gasteiger charge is 2.11. The summed E-state index contributed by atoms with van der Waals surface area (Å²) in [6.45, 7) is 1.86. The molecule has 0 radical (unpaired) electrons. The molecule has 1 heterocycles. The van der Waals surface area contributed by atoms with Crippen molar-refractivity contribution in [2.75, 3.05) is 12.3 Å². The Balaban J connectivity index is 1.80. The lowest BCUT2D eigenvalue weighted by Crippen LogP contribution is -2.31. The lowest BCUT2D eigenvalue weighted by atomic mass is 10.3. The fourth-order valence-electron chi connectivity index (χ4n) is 1.51. The van der Waals surface area contributed by atoms with E-state index in [1.807, 2.05) is 12.3 Å². The molecule has 5 nitrogen and oxygen atoms in total. The first kappa shape index (κ1) is 13.4. The van der Waals surface area contributed by atoms with Gasteiger partial charge in [0.15, 0.2) is 6.61 Å². The van der Waals surface area contributed by atoms with Crippen molar-refractivity contribution < 1.29 is 9.53 Å². The number of hydrogen-bond donors (Lipinski definition) is 2. The molecule has 0 fully saturated rings. The van der Waals surface area contributed by atoms with Crippen molar-refractivity contribution >= 4 is 22.9 Å². The van der Waals surface area contributed by atoms with Crippen LogP contribution in [0.5, 0.6) is 5.75 Å². The molecule has 0 saturated carbocycles. The minimum atomic E-state index is -0.181. The lowest BCUT2D eigenvalue weighted by molar-refractivity contribution is -0.123. The van der Waals surface area contributed by atoms with Crippen molar-refractivity contribution in [2.45, 2.75) is 13.0 Å². The first-order chi connectivity index (χ1) is 9.15. The van der Waals surface area contributed by atoms with Crippen LogP contribution < -0.4 is 15.8 Å². The molecule has 2 rings (SSSR count). The van der Waals surface area contributed by atoms with Crippen LogP contribution in [0.2, 0.25) is 0 Å². The van der Waals surface area contributed by atoms with E-state index in [2.05, 4.69) is 10.3 Å². The average molecular weight is 277 g/mol. The van der Waals surface area contributed by atoms with Crippen LogP contribution in [0.3, 0.4) is 0 Å². The Labute approximate surface area is 115 Å². The zero-order valence-corrected chi connectivity index (χ0v) is 11.3. The molecule has 3 N–H and O–H groups in total. The molecule has 1 unspecified atom stereocenters. The van der Waals surface area contributed by atoms with Gasteiger partial charge in [0.25, 0.3) is 5.91 Å². The Morgan fingerprint density at radius 2 is 2.21 bits per heavy atom. The third kappa shape index (κ3) is 3.96. The molecule has 19 heavy (non-hydrogen) atoms. The summed E-state index contributed by atoms with van der Waals surface area (Å²) in [5.74, 6) is 0.436. The number of benzene rings is 1. The molecule has 1 atom stereocenters. The summed E-state index contributed by atoms with van der Waals surface area (Å²) in [6, 6.07) is 6.80. The maximum absolute atomic E-state index is 11.7. The number of nitrogens with zero attached hydrogens (tertiary/aromatic N) is 1. The second kappa shape index (κ2) is 6.19. The van der Waals surface area contributed by atoms with Crippen LogP contribution in [-0.2, 0) is 4.79 Å². The van der Waals surface area contributed by atoms with E-state index in [0.717, 1.165) is 5.01 Å². The van der Waals surface area contributed by atoms with E-state index < -0.39 is 0 Å². The first-order valence-corrected chi connectivity index (χ1v) is 6.70. The van der Waals surface area contributed by atoms with Crippen LogP contribution in [0.4, 0.5) is 5.69 Å². The highest BCUT2D eigenvalue weighted by molar-refractivity contribution is 7.09. The normalized spacial score (nSPS) is 11.8. The monoisotopic (exact) mass is 277 g/mol. The second-order valence-corrected chi connectivity index (χ2v) is 4.94. The highest BCUT2D eigenvalue weighted by atomic mass is 32.1. The number of aromatic nitrogens is 1. The third-order valence-corrected chi connectivity index (χ3v) is 3.41. The lowest BCUT2D eigenvalue weighted by Gasteiger charge is -2.12. The molecule has 0 bridgehead atoms. The van der Waals surface area contributed by atoms with Crippen LogP contribution in [0.1, 0.15) is 18.0 Å². The van der Waals surface area contributed by atoms with Crippen molar-refractivity contribution in [1.82, 2.24) is 10.3 Å².